The van der Waals surface area contributed by atoms with Crippen molar-refractivity contribution in [3.8, 4) is 5.75 Å². The molecule has 1 aromatic rings. The van der Waals surface area contributed by atoms with Gasteiger partial charge in [-0.1, -0.05) is 6.07 Å². The molecule has 0 unspecified atom stereocenters. The summed E-state index contributed by atoms with van der Waals surface area (Å²) in [5.74, 6) is 1.97. The summed E-state index contributed by atoms with van der Waals surface area (Å²) in [4.78, 5) is 1.20. The van der Waals surface area contributed by atoms with Crippen molar-refractivity contribution in [1.29, 1.82) is 0 Å². The molecule has 0 saturated heterocycles. The summed E-state index contributed by atoms with van der Waals surface area (Å²) in [7, 11) is 1.71. The maximum absolute atomic E-state index is 5.96. The largest absolute Gasteiger partial charge is 0.496 e. The molecule has 0 atom stereocenters. The zero-order valence-electron chi connectivity index (χ0n) is 10.5. The van der Waals surface area contributed by atoms with Crippen LogP contribution in [0.1, 0.15) is 25.8 Å². The molecule has 0 heterocycles. The van der Waals surface area contributed by atoms with Crippen molar-refractivity contribution in [2.45, 2.75) is 37.6 Å². The van der Waals surface area contributed by atoms with Gasteiger partial charge in [-0.3, -0.25) is 0 Å². The summed E-state index contributed by atoms with van der Waals surface area (Å²) >= 11 is 1.81. The average molecular weight is 239 g/mol. The van der Waals surface area contributed by atoms with Gasteiger partial charge in [0.15, 0.2) is 0 Å². The van der Waals surface area contributed by atoms with Gasteiger partial charge in [-0.15, -0.1) is 11.8 Å². The Balaban J connectivity index is 2.62. The van der Waals surface area contributed by atoms with Crippen molar-refractivity contribution in [3.63, 3.8) is 0 Å². The minimum atomic E-state index is -0.0932. The molecule has 2 nitrogen and oxygen atoms in total. The number of ether oxygens (including phenoxy) is 1. The van der Waals surface area contributed by atoms with Crippen molar-refractivity contribution >= 4 is 11.8 Å². The number of thioether (sulfide) groups is 1. The third-order valence-electron chi connectivity index (χ3n) is 2.32. The molecule has 16 heavy (non-hydrogen) atoms. The highest BCUT2D eigenvalue weighted by atomic mass is 32.2. The first-order valence-corrected chi connectivity index (χ1v) is 6.47. The lowest BCUT2D eigenvalue weighted by atomic mass is 10.0. The normalized spacial score (nSPS) is 11.6. The van der Waals surface area contributed by atoms with Crippen LogP contribution >= 0.6 is 11.8 Å². The third kappa shape index (κ3) is 4.45. The Kier molecular flexibility index (Phi) is 4.69. The fraction of sp³-hybridized carbons (Fsp3) is 0.538. The molecule has 0 fully saturated rings. The molecule has 0 aliphatic carbocycles. The number of aryl methyl sites for hydroxylation is 1. The van der Waals surface area contributed by atoms with E-state index >= 15 is 0 Å². The Morgan fingerprint density at radius 2 is 2.06 bits per heavy atom. The van der Waals surface area contributed by atoms with Gasteiger partial charge in [0.25, 0.3) is 0 Å². The fourth-order valence-corrected chi connectivity index (χ4v) is 2.73. The van der Waals surface area contributed by atoms with Crippen LogP contribution in [0.5, 0.6) is 5.75 Å². The van der Waals surface area contributed by atoms with Crippen LogP contribution in [-0.2, 0) is 0 Å². The number of hydrogen-bond acceptors (Lipinski definition) is 3. The zero-order valence-corrected chi connectivity index (χ0v) is 11.4. The molecule has 0 bridgehead atoms. The van der Waals surface area contributed by atoms with E-state index in [1.54, 1.807) is 7.11 Å². The first-order chi connectivity index (χ1) is 7.42. The highest BCUT2D eigenvalue weighted by Crippen LogP contribution is 2.31. The van der Waals surface area contributed by atoms with Gasteiger partial charge in [0.2, 0.25) is 0 Å². The molecule has 1 aromatic carbocycles. The van der Waals surface area contributed by atoms with Crippen LogP contribution in [0.3, 0.4) is 0 Å². The number of benzene rings is 1. The Hall–Kier alpha value is -0.670. The lowest BCUT2D eigenvalue weighted by Gasteiger charge is -2.18. The second-order valence-corrected chi connectivity index (χ2v) is 5.88. The number of methoxy groups -OCH3 is 1. The number of nitrogens with two attached hydrogens (primary N) is 1. The van der Waals surface area contributed by atoms with Gasteiger partial charge in [-0.2, -0.15) is 0 Å². The van der Waals surface area contributed by atoms with Gasteiger partial charge in [0, 0.05) is 10.4 Å². The summed E-state index contributed by atoms with van der Waals surface area (Å²) in [6.45, 7) is 6.21. The van der Waals surface area contributed by atoms with E-state index in [-0.39, 0.29) is 5.54 Å². The van der Waals surface area contributed by atoms with Crippen molar-refractivity contribution in [2.24, 2.45) is 5.73 Å². The molecule has 0 aliphatic heterocycles. The number of hydrogen-bond donors (Lipinski definition) is 1. The Morgan fingerprint density at radius 3 is 2.62 bits per heavy atom. The second kappa shape index (κ2) is 5.60. The highest BCUT2D eigenvalue weighted by molar-refractivity contribution is 7.99. The lowest BCUT2D eigenvalue weighted by Crippen LogP contribution is -2.32. The SMILES string of the molecule is COc1ccc(C)cc1SCCC(C)(C)N. The van der Waals surface area contributed by atoms with E-state index in [1.807, 2.05) is 17.8 Å². The summed E-state index contributed by atoms with van der Waals surface area (Å²) in [6.07, 6.45) is 0.995. The molecule has 2 N–H and O–H groups in total. The first kappa shape index (κ1) is 13.4. The predicted molar refractivity (Wildman–Crippen MR) is 71.3 cm³/mol. The molecule has 3 heteroatoms. The van der Waals surface area contributed by atoms with E-state index in [2.05, 4.69) is 32.9 Å². The minimum Gasteiger partial charge on any atom is -0.496 e. The molecular formula is C13H21NOS. The maximum Gasteiger partial charge on any atom is 0.132 e. The Labute approximate surface area is 103 Å². The van der Waals surface area contributed by atoms with Crippen LogP contribution in [0.2, 0.25) is 0 Å². The maximum atomic E-state index is 5.96. The second-order valence-electron chi connectivity index (χ2n) is 4.74. The van der Waals surface area contributed by atoms with Crippen molar-refractivity contribution in [2.75, 3.05) is 12.9 Å². The Morgan fingerprint density at radius 1 is 1.38 bits per heavy atom. The van der Waals surface area contributed by atoms with E-state index in [9.17, 15) is 0 Å². The summed E-state index contributed by atoms with van der Waals surface area (Å²) < 4.78 is 5.33. The van der Waals surface area contributed by atoms with Crippen molar-refractivity contribution in [3.05, 3.63) is 23.8 Å². The van der Waals surface area contributed by atoms with Crippen LogP contribution in [-0.4, -0.2) is 18.4 Å². The van der Waals surface area contributed by atoms with Gasteiger partial charge >= 0.3 is 0 Å². The molecule has 0 saturated carbocycles. The number of rotatable bonds is 5. The average Bonchev–Trinajstić information content (AvgIpc) is 2.16. The van der Waals surface area contributed by atoms with Gasteiger partial charge in [0.1, 0.15) is 5.75 Å². The summed E-state index contributed by atoms with van der Waals surface area (Å²) in [5.41, 5.74) is 7.12. The quantitative estimate of drug-likeness (QED) is 0.801. The highest BCUT2D eigenvalue weighted by Gasteiger charge is 2.11. The van der Waals surface area contributed by atoms with Crippen LogP contribution in [0.25, 0.3) is 0 Å². The van der Waals surface area contributed by atoms with Gasteiger partial charge in [-0.25, -0.2) is 0 Å². The van der Waals surface area contributed by atoms with Gasteiger partial charge < -0.3 is 10.5 Å². The van der Waals surface area contributed by atoms with Gasteiger partial charge in [-0.05, 0) is 50.6 Å². The molecule has 0 aromatic heterocycles. The third-order valence-corrected chi connectivity index (χ3v) is 3.36. The molecule has 0 amide bonds. The standard InChI is InChI=1S/C13H21NOS/c1-10-5-6-11(15-4)12(9-10)16-8-7-13(2,3)14/h5-6,9H,7-8,14H2,1-4H3. The van der Waals surface area contributed by atoms with Crippen LogP contribution < -0.4 is 10.5 Å². The van der Waals surface area contributed by atoms with Gasteiger partial charge in [0.05, 0.1) is 7.11 Å². The van der Waals surface area contributed by atoms with Crippen molar-refractivity contribution in [1.82, 2.24) is 0 Å². The van der Waals surface area contributed by atoms with E-state index in [1.165, 1.54) is 10.5 Å². The lowest BCUT2D eigenvalue weighted by molar-refractivity contribution is 0.404. The Bertz CT molecular complexity index is 344. The fourth-order valence-electron chi connectivity index (χ4n) is 1.32. The molecule has 0 radical (unpaired) electrons. The summed E-state index contributed by atoms with van der Waals surface area (Å²) in [5, 5.41) is 0. The van der Waals surface area contributed by atoms with E-state index in [4.69, 9.17) is 10.5 Å². The van der Waals surface area contributed by atoms with Crippen LogP contribution in [0.4, 0.5) is 0 Å². The monoisotopic (exact) mass is 239 g/mol. The smallest absolute Gasteiger partial charge is 0.132 e. The topological polar surface area (TPSA) is 35.2 Å². The van der Waals surface area contributed by atoms with E-state index < -0.39 is 0 Å². The van der Waals surface area contributed by atoms with E-state index in [0.29, 0.717) is 0 Å². The molecule has 0 spiro atoms. The molecule has 0 aliphatic rings. The molecular weight excluding hydrogens is 218 g/mol. The first-order valence-electron chi connectivity index (χ1n) is 5.49. The zero-order chi connectivity index (χ0) is 12.2. The molecule has 1 rings (SSSR count). The van der Waals surface area contributed by atoms with Crippen molar-refractivity contribution < 1.29 is 4.74 Å². The molecule has 90 valence electrons. The predicted octanol–water partition coefficient (Wildman–Crippen LogP) is 3.22. The van der Waals surface area contributed by atoms with Crippen LogP contribution in [0.15, 0.2) is 23.1 Å². The summed E-state index contributed by atoms with van der Waals surface area (Å²) in [6, 6.07) is 6.24. The minimum absolute atomic E-state index is 0.0932. The van der Waals surface area contributed by atoms with E-state index in [0.717, 1.165) is 17.9 Å². The van der Waals surface area contributed by atoms with Crippen LogP contribution in [0, 0.1) is 6.92 Å².